The van der Waals surface area contributed by atoms with Gasteiger partial charge in [0.2, 0.25) is 10.0 Å². The minimum atomic E-state index is -3.42. The van der Waals surface area contributed by atoms with Crippen LogP contribution in [0.3, 0.4) is 0 Å². The molecular weight excluding hydrogens is 445 g/mol. The van der Waals surface area contributed by atoms with Gasteiger partial charge in [-0.2, -0.15) is 0 Å². The van der Waals surface area contributed by atoms with Crippen LogP contribution in [0, 0.1) is 0 Å². The van der Waals surface area contributed by atoms with Crippen molar-refractivity contribution in [3.8, 4) is 0 Å². The second-order valence-corrected chi connectivity index (χ2v) is 9.70. The van der Waals surface area contributed by atoms with Crippen LogP contribution in [0.5, 0.6) is 0 Å². The molecule has 1 aliphatic rings. The molecule has 2 aromatic carbocycles. The second kappa shape index (κ2) is 6.45. The molecule has 3 rings (SSSR count). The maximum atomic E-state index is 12.2. The minimum absolute atomic E-state index is 0.0633. The zero-order valence-electron chi connectivity index (χ0n) is 12.2. The molecule has 2 aromatic rings. The van der Waals surface area contributed by atoms with Gasteiger partial charge < -0.3 is 0 Å². The number of ketones is 1. The van der Waals surface area contributed by atoms with Crippen LogP contribution in [0.2, 0.25) is 0 Å². The van der Waals surface area contributed by atoms with E-state index in [2.05, 4.69) is 27.3 Å². The molecule has 0 aliphatic heterocycles. The first kappa shape index (κ1) is 16.8. The van der Waals surface area contributed by atoms with Crippen molar-refractivity contribution in [2.45, 2.75) is 20.1 Å². The van der Waals surface area contributed by atoms with Crippen LogP contribution in [-0.2, 0) is 16.4 Å². The van der Waals surface area contributed by atoms with Gasteiger partial charge in [0.15, 0.2) is 5.78 Å². The number of carbonyl (C=O) groups excluding carboxylic acids is 1. The van der Waals surface area contributed by atoms with Crippen molar-refractivity contribution in [2.75, 3.05) is 11.0 Å². The van der Waals surface area contributed by atoms with Gasteiger partial charge in [0.1, 0.15) is 0 Å². The predicted octanol–water partition coefficient (Wildman–Crippen LogP) is 3.75. The van der Waals surface area contributed by atoms with E-state index >= 15 is 0 Å². The molecule has 1 aliphatic carbocycles. The highest BCUT2D eigenvalue weighted by atomic mass is 127. The third-order valence-corrected chi connectivity index (χ3v) is 6.08. The maximum absolute atomic E-state index is 12.2. The van der Waals surface area contributed by atoms with Crippen LogP contribution < -0.4 is 4.72 Å². The molecule has 7 heteroatoms. The first-order chi connectivity index (χ1) is 10.8. The van der Waals surface area contributed by atoms with Crippen LogP contribution >= 0.6 is 34.4 Å². The summed E-state index contributed by atoms with van der Waals surface area (Å²) in [7, 11) is -3.42. The Hall–Kier alpha value is -1.06. The molecule has 0 heterocycles. The molecule has 1 atom stereocenters. The van der Waals surface area contributed by atoms with Crippen molar-refractivity contribution >= 4 is 55.8 Å². The minimum Gasteiger partial charge on any atom is -0.293 e. The van der Waals surface area contributed by atoms with Crippen molar-refractivity contribution in [2.24, 2.45) is 0 Å². The Bertz CT molecular complexity index is 866. The van der Waals surface area contributed by atoms with E-state index in [1.165, 1.54) is 11.8 Å². The number of carbonyl (C=O) groups is 1. The van der Waals surface area contributed by atoms with E-state index in [1.54, 1.807) is 6.07 Å². The van der Waals surface area contributed by atoms with Gasteiger partial charge in [-0.15, -0.1) is 0 Å². The monoisotopic (exact) mass is 459 g/mol. The fourth-order valence-electron chi connectivity index (χ4n) is 2.45. The Morgan fingerprint density at radius 2 is 1.91 bits per heavy atom. The van der Waals surface area contributed by atoms with E-state index in [9.17, 15) is 13.2 Å². The lowest BCUT2D eigenvalue weighted by Crippen LogP contribution is -2.11. The van der Waals surface area contributed by atoms with E-state index in [-0.39, 0.29) is 9.71 Å². The van der Waals surface area contributed by atoms with E-state index < -0.39 is 10.0 Å². The van der Waals surface area contributed by atoms with Crippen LogP contribution in [0.1, 0.15) is 15.9 Å². The van der Waals surface area contributed by atoms with Crippen LogP contribution in [0.25, 0.3) is 0 Å². The van der Waals surface area contributed by atoms with Crippen molar-refractivity contribution in [3.05, 3.63) is 53.6 Å². The van der Waals surface area contributed by atoms with E-state index in [0.29, 0.717) is 17.7 Å². The van der Waals surface area contributed by atoms with Crippen LogP contribution in [0.4, 0.5) is 5.69 Å². The Morgan fingerprint density at radius 1 is 1.22 bits per heavy atom. The number of nitrogens with one attached hydrogen (secondary N) is 1. The highest BCUT2D eigenvalue weighted by Crippen LogP contribution is 2.39. The zero-order chi connectivity index (χ0) is 16.6. The topological polar surface area (TPSA) is 63.2 Å². The Kier molecular flexibility index (Phi) is 4.70. The normalized spacial score (nSPS) is 17.1. The first-order valence-corrected chi connectivity index (χ1v) is 10.8. The first-order valence-electron chi connectivity index (χ1n) is 6.89. The Balaban J connectivity index is 2.06. The number of hydrogen-bond acceptors (Lipinski definition) is 4. The Labute approximate surface area is 153 Å². The molecule has 120 valence electrons. The molecule has 0 fully saturated rings. The summed E-state index contributed by atoms with van der Waals surface area (Å²) in [6, 6.07) is 13.3. The maximum Gasteiger partial charge on any atom is 0.229 e. The number of fused-ring (bicyclic) bond motifs is 1. The van der Waals surface area contributed by atoms with Crippen molar-refractivity contribution < 1.29 is 13.2 Å². The number of Topliss-reactive ketones (excluding diaryl/α,β-unsaturated/α-hetero) is 1. The summed E-state index contributed by atoms with van der Waals surface area (Å²) >= 11 is 3.62. The van der Waals surface area contributed by atoms with Crippen molar-refractivity contribution in [3.63, 3.8) is 0 Å². The van der Waals surface area contributed by atoms with Crippen molar-refractivity contribution in [1.82, 2.24) is 0 Å². The lowest BCUT2D eigenvalue weighted by molar-refractivity contribution is 0.100. The number of sulfonamides is 1. The number of hydrogen-bond donors (Lipinski definition) is 1. The molecule has 0 saturated heterocycles. The average Bonchev–Trinajstić information content (AvgIpc) is 2.74. The number of rotatable bonds is 4. The molecule has 1 N–H and O–H groups in total. The molecule has 0 aromatic heterocycles. The van der Waals surface area contributed by atoms with Crippen molar-refractivity contribution in [1.29, 1.82) is 0 Å². The van der Waals surface area contributed by atoms with E-state index in [0.717, 1.165) is 21.6 Å². The van der Waals surface area contributed by atoms with Gasteiger partial charge in [0.25, 0.3) is 0 Å². The molecule has 0 spiro atoms. The fraction of sp³-hybridized carbons (Fsp3) is 0.188. The largest absolute Gasteiger partial charge is 0.293 e. The zero-order valence-corrected chi connectivity index (χ0v) is 16.0. The van der Waals surface area contributed by atoms with Gasteiger partial charge in [-0.05, 0) is 36.2 Å². The summed E-state index contributed by atoms with van der Waals surface area (Å²) < 4.78 is 25.7. The van der Waals surface area contributed by atoms with Gasteiger partial charge in [0, 0.05) is 15.4 Å². The van der Waals surface area contributed by atoms with Gasteiger partial charge in [-0.25, -0.2) is 8.42 Å². The number of halogens is 1. The highest BCUT2D eigenvalue weighted by molar-refractivity contribution is 14.1. The predicted molar refractivity (Wildman–Crippen MR) is 101 cm³/mol. The van der Waals surface area contributed by atoms with Gasteiger partial charge in [0.05, 0.1) is 15.9 Å². The third-order valence-electron chi connectivity index (χ3n) is 3.42. The Morgan fingerprint density at radius 3 is 2.57 bits per heavy atom. The standard InChI is InChI=1S/C16H14INO3S2/c1-23(20,21)18-14-9-12-10(7-13(17)16(12)19)8-15(14)22-11-5-3-2-4-6-11/h2-6,8-9,13,18H,7H2,1H3. The van der Waals surface area contributed by atoms with Crippen LogP contribution in [0.15, 0.2) is 52.3 Å². The lowest BCUT2D eigenvalue weighted by atomic mass is 10.1. The summed E-state index contributed by atoms with van der Waals surface area (Å²) in [6.45, 7) is 0. The van der Waals surface area contributed by atoms with Crippen LogP contribution in [-0.4, -0.2) is 24.4 Å². The lowest BCUT2D eigenvalue weighted by Gasteiger charge is -2.13. The molecule has 0 amide bonds. The van der Waals surface area contributed by atoms with E-state index in [1.807, 2.05) is 36.4 Å². The van der Waals surface area contributed by atoms with Gasteiger partial charge in [-0.3, -0.25) is 9.52 Å². The third kappa shape index (κ3) is 3.89. The molecule has 0 saturated carbocycles. The quantitative estimate of drug-likeness (QED) is 0.559. The number of anilines is 1. The van der Waals surface area contributed by atoms with Gasteiger partial charge >= 0.3 is 0 Å². The van der Waals surface area contributed by atoms with E-state index in [4.69, 9.17) is 0 Å². The SMILES string of the molecule is CS(=O)(=O)Nc1cc2c(cc1Sc1ccccc1)CC(I)C2=O. The molecule has 1 unspecified atom stereocenters. The van der Waals surface area contributed by atoms with Gasteiger partial charge in [-0.1, -0.05) is 52.6 Å². The molecule has 4 nitrogen and oxygen atoms in total. The second-order valence-electron chi connectivity index (χ2n) is 5.33. The summed E-state index contributed by atoms with van der Waals surface area (Å²) in [5.74, 6) is 0.0633. The molecule has 0 radical (unpaired) electrons. The number of benzene rings is 2. The summed E-state index contributed by atoms with van der Waals surface area (Å²) in [6.07, 6.45) is 1.80. The summed E-state index contributed by atoms with van der Waals surface area (Å²) in [5, 5.41) is 0. The summed E-state index contributed by atoms with van der Waals surface area (Å²) in [5.41, 5.74) is 2.05. The number of alkyl halides is 1. The smallest absolute Gasteiger partial charge is 0.229 e. The molecular formula is C16H14INO3S2. The molecule has 23 heavy (non-hydrogen) atoms. The summed E-state index contributed by atoms with van der Waals surface area (Å²) in [4.78, 5) is 14.0. The molecule has 0 bridgehead atoms. The fourth-order valence-corrected chi connectivity index (χ4v) is 4.87. The average molecular weight is 459 g/mol. The highest BCUT2D eigenvalue weighted by Gasteiger charge is 2.30.